The Morgan fingerprint density at radius 2 is 2.06 bits per heavy atom. The number of methoxy groups -OCH3 is 1. The first kappa shape index (κ1) is 14.9. The van der Waals surface area contributed by atoms with Gasteiger partial charge >= 0.3 is 0 Å². The van der Waals surface area contributed by atoms with Gasteiger partial charge in [-0.2, -0.15) is 0 Å². The van der Waals surface area contributed by atoms with Gasteiger partial charge in [0.25, 0.3) is 0 Å². The predicted molar refractivity (Wildman–Crippen MR) is 71.0 cm³/mol. The highest BCUT2D eigenvalue weighted by Gasteiger charge is 2.21. The van der Waals surface area contributed by atoms with Crippen LogP contribution in [0.4, 0.5) is 0 Å². The Kier molecular flexibility index (Phi) is 5.13. The molecule has 0 fully saturated rings. The lowest BCUT2D eigenvalue weighted by Crippen LogP contribution is -2.27. The highest BCUT2D eigenvalue weighted by molar-refractivity contribution is 7.89. The average Bonchev–Trinajstić information content (AvgIpc) is 2.38. The molecule has 0 bridgehead atoms. The molecule has 0 saturated heterocycles. The molecule has 6 heteroatoms. The molecular weight excluding hydrogens is 252 g/mol. The van der Waals surface area contributed by atoms with E-state index in [4.69, 9.17) is 10.5 Å². The lowest BCUT2D eigenvalue weighted by atomic mass is 10.2. The third-order valence-corrected chi connectivity index (χ3v) is 4.57. The number of rotatable bonds is 6. The van der Waals surface area contributed by atoms with E-state index in [2.05, 4.69) is 0 Å². The largest absolute Gasteiger partial charge is 0.496 e. The van der Waals surface area contributed by atoms with Crippen molar-refractivity contribution in [1.82, 2.24) is 4.31 Å². The lowest BCUT2D eigenvalue weighted by Gasteiger charge is -2.17. The van der Waals surface area contributed by atoms with Crippen LogP contribution in [0.1, 0.15) is 18.9 Å². The molecule has 0 saturated carbocycles. The van der Waals surface area contributed by atoms with Crippen molar-refractivity contribution in [3.8, 4) is 5.75 Å². The second-order valence-electron chi connectivity index (χ2n) is 4.00. The molecular formula is C12H20N2O3S. The SMILES string of the molecule is CCCN(C)S(=O)(=O)c1ccc(OC)c(CN)c1. The van der Waals surface area contributed by atoms with Gasteiger partial charge in [-0.25, -0.2) is 12.7 Å². The Bertz CT molecular complexity index is 500. The molecule has 0 amide bonds. The number of hydrogen-bond acceptors (Lipinski definition) is 4. The summed E-state index contributed by atoms with van der Waals surface area (Å²) in [5.41, 5.74) is 6.27. The molecule has 0 aliphatic carbocycles. The van der Waals surface area contributed by atoms with Crippen LogP contribution in [-0.4, -0.2) is 33.4 Å². The number of nitrogens with two attached hydrogens (primary N) is 1. The minimum absolute atomic E-state index is 0.240. The summed E-state index contributed by atoms with van der Waals surface area (Å²) in [5.74, 6) is 0.606. The van der Waals surface area contributed by atoms with Crippen molar-refractivity contribution in [2.75, 3.05) is 20.7 Å². The second-order valence-corrected chi connectivity index (χ2v) is 6.05. The molecule has 0 atom stereocenters. The summed E-state index contributed by atoms with van der Waals surface area (Å²) >= 11 is 0. The van der Waals surface area contributed by atoms with E-state index >= 15 is 0 Å². The van der Waals surface area contributed by atoms with E-state index < -0.39 is 10.0 Å². The molecule has 0 aromatic heterocycles. The third-order valence-electron chi connectivity index (χ3n) is 2.72. The molecule has 1 aromatic carbocycles. The molecule has 0 aliphatic heterocycles. The van der Waals surface area contributed by atoms with Gasteiger partial charge in [-0.05, 0) is 24.6 Å². The molecule has 5 nitrogen and oxygen atoms in total. The first-order valence-electron chi connectivity index (χ1n) is 5.80. The van der Waals surface area contributed by atoms with Crippen LogP contribution in [-0.2, 0) is 16.6 Å². The molecule has 0 radical (unpaired) electrons. The third kappa shape index (κ3) is 3.01. The highest BCUT2D eigenvalue weighted by atomic mass is 32.2. The first-order valence-corrected chi connectivity index (χ1v) is 7.24. The predicted octanol–water partition coefficient (Wildman–Crippen LogP) is 1.18. The second kappa shape index (κ2) is 6.17. The van der Waals surface area contributed by atoms with Crippen LogP contribution in [0.5, 0.6) is 5.75 Å². The Labute approximate surface area is 109 Å². The molecule has 0 heterocycles. The van der Waals surface area contributed by atoms with E-state index in [1.807, 2.05) is 6.92 Å². The minimum atomic E-state index is -3.44. The molecule has 0 aliphatic rings. The zero-order valence-corrected chi connectivity index (χ0v) is 11.8. The van der Waals surface area contributed by atoms with E-state index in [1.165, 1.54) is 11.4 Å². The van der Waals surface area contributed by atoms with Crippen molar-refractivity contribution in [2.45, 2.75) is 24.8 Å². The van der Waals surface area contributed by atoms with Crippen LogP contribution in [0.2, 0.25) is 0 Å². The fraction of sp³-hybridized carbons (Fsp3) is 0.500. The summed E-state index contributed by atoms with van der Waals surface area (Å²) in [4.78, 5) is 0.250. The normalized spacial score (nSPS) is 11.8. The van der Waals surface area contributed by atoms with Crippen molar-refractivity contribution < 1.29 is 13.2 Å². The number of hydrogen-bond donors (Lipinski definition) is 1. The minimum Gasteiger partial charge on any atom is -0.496 e. The number of nitrogens with zero attached hydrogens (tertiary/aromatic N) is 1. The maximum absolute atomic E-state index is 12.2. The Balaban J connectivity index is 3.17. The molecule has 102 valence electrons. The Morgan fingerprint density at radius 1 is 1.39 bits per heavy atom. The van der Waals surface area contributed by atoms with E-state index in [1.54, 1.807) is 25.2 Å². The van der Waals surface area contributed by atoms with E-state index in [-0.39, 0.29) is 11.4 Å². The van der Waals surface area contributed by atoms with Crippen LogP contribution in [0.3, 0.4) is 0 Å². The molecule has 0 unspecified atom stereocenters. The molecule has 0 spiro atoms. The molecule has 1 rings (SSSR count). The number of sulfonamides is 1. The topological polar surface area (TPSA) is 72.6 Å². The summed E-state index contributed by atoms with van der Waals surface area (Å²) in [7, 11) is -0.328. The first-order chi connectivity index (χ1) is 8.47. The van der Waals surface area contributed by atoms with Gasteiger partial charge < -0.3 is 10.5 Å². The van der Waals surface area contributed by atoms with E-state index in [0.717, 1.165) is 6.42 Å². The van der Waals surface area contributed by atoms with Crippen molar-refractivity contribution in [3.05, 3.63) is 23.8 Å². The maximum Gasteiger partial charge on any atom is 0.242 e. The number of benzene rings is 1. The Hall–Kier alpha value is -1.11. The number of ether oxygens (including phenoxy) is 1. The van der Waals surface area contributed by atoms with Crippen molar-refractivity contribution in [2.24, 2.45) is 5.73 Å². The van der Waals surface area contributed by atoms with Crippen LogP contribution in [0.25, 0.3) is 0 Å². The van der Waals surface area contributed by atoms with Gasteiger partial charge in [-0.3, -0.25) is 0 Å². The van der Waals surface area contributed by atoms with Gasteiger partial charge in [0.2, 0.25) is 10.0 Å². The summed E-state index contributed by atoms with van der Waals surface area (Å²) < 4.78 is 30.9. The molecule has 2 N–H and O–H groups in total. The van der Waals surface area contributed by atoms with Gasteiger partial charge in [0.05, 0.1) is 12.0 Å². The van der Waals surface area contributed by atoms with Crippen molar-refractivity contribution >= 4 is 10.0 Å². The van der Waals surface area contributed by atoms with Crippen LogP contribution < -0.4 is 10.5 Å². The molecule has 18 heavy (non-hydrogen) atoms. The summed E-state index contributed by atoms with van der Waals surface area (Å²) in [6.07, 6.45) is 0.773. The van der Waals surface area contributed by atoms with E-state index in [9.17, 15) is 8.42 Å². The standard InChI is InChI=1S/C12H20N2O3S/c1-4-7-14(2)18(15,16)11-5-6-12(17-3)10(8-11)9-13/h5-6,8H,4,7,9,13H2,1-3H3. The summed E-state index contributed by atoms with van der Waals surface area (Å²) in [5, 5.41) is 0. The average molecular weight is 272 g/mol. The van der Waals surface area contributed by atoms with Gasteiger partial charge in [0, 0.05) is 25.7 Å². The van der Waals surface area contributed by atoms with Gasteiger partial charge in [-0.1, -0.05) is 6.92 Å². The Morgan fingerprint density at radius 3 is 2.56 bits per heavy atom. The maximum atomic E-state index is 12.2. The van der Waals surface area contributed by atoms with Crippen molar-refractivity contribution in [3.63, 3.8) is 0 Å². The van der Waals surface area contributed by atoms with Crippen LogP contribution in [0.15, 0.2) is 23.1 Å². The van der Waals surface area contributed by atoms with Crippen LogP contribution >= 0.6 is 0 Å². The fourth-order valence-electron chi connectivity index (χ4n) is 1.69. The van der Waals surface area contributed by atoms with E-state index in [0.29, 0.717) is 17.9 Å². The highest BCUT2D eigenvalue weighted by Crippen LogP contribution is 2.23. The summed E-state index contributed by atoms with van der Waals surface area (Å²) in [6, 6.07) is 4.74. The zero-order valence-electron chi connectivity index (χ0n) is 11.0. The smallest absolute Gasteiger partial charge is 0.242 e. The van der Waals surface area contributed by atoms with Gasteiger partial charge in [0.15, 0.2) is 0 Å². The fourth-order valence-corrected chi connectivity index (χ4v) is 3.00. The van der Waals surface area contributed by atoms with Crippen molar-refractivity contribution in [1.29, 1.82) is 0 Å². The lowest BCUT2D eigenvalue weighted by molar-refractivity contribution is 0.409. The van der Waals surface area contributed by atoms with Gasteiger partial charge in [-0.15, -0.1) is 0 Å². The summed E-state index contributed by atoms with van der Waals surface area (Å²) in [6.45, 7) is 2.67. The zero-order chi connectivity index (χ0) is 13.8. The van der Waals surface area contributed by atoms with Gasteiger partial charge in [0.1, 0.15) is 5.75 Å². The molecule has 1 aromatic rings. The van der Waals surface area contributed by atoms with Crippen LogP contribution in [0, 0.1) is 0 Å². The quantitative estimate of drug-likeness (QED) is 0.844. The monoisotopic (exact) mass is 272 g/mol.